The molecule has 0 rings (SSSR count). The van der Waals surface area contributed by atoms with E-state index in [1.54, 1.807) is 14.2 Å². The molecule has 0 aromatic rings. The van der Waals surface area contributed by atoms with E-state index in [1.807, 2.05) is 6.92 Å². The van der Waals surface area contributed by atoms with E-state index >= 15 is 0 Å². The lowest BCUT2D eigenvalue weighted by Crippen LogP contribution is -2.31. The summed E-state index contributed by atoms with van der Waals surface area (Å²) in [5, 5.41) is 0. The maximum atomic E-state index is 6.07. The van der Waals surface area contributed by atoms with Crippen LogP contribution in [0.3, 0.4) is 0 Å². The molecule has 0 spiro atoms. The number of hydrogen-bond donors (Lipinski definition) is 0. The zero-order chi connectivity index (χ0) is 8.04. The molecule has 10 heavy (non-hydrogen) atoms. The standard InChI is InChI=1S/C7H15ClO2/c1-4-7(8,5-9-2)6-10-3/h4-6H2,1-3H3. The van der Waals surface area contributed by atoms with Crippen molar-refractivity contribution in [2.24, 2.45) is 0 Å². The van der Waals surface area contributed by atoms with Crippen molar-refractivity contribution >= 4 is 11.6 Å². The van der Waals surface area contributed by atoms with Crippen molar-refractivity contribution in [1.82, 2.24) is 0 Å². The van der Waals surface area contributed by atoms with Gasteiger partial charge in [-0.1, -0.05) is 6.92 Å². The largest absolute Gasteiger partial charge is 0.383 e. The highest BCUT2D eigenvalue weighted by Gasteiger charge is 2.24. The van der Waals surface area contributed by atoms with Crippen LogP contribution in [-0.2, 0) is 9.47 Å². The molecule has 0 heterocycles. The summed E-state index contributed by atoms with van der Waals surface area (Å²) < 4.78 is 9.88. The normalized spacial score (nSPS) is 12.0. The summed E-state index contributed by atoms with van der Waals surface area (Å²) in [4.78, 5) is -0.330. The molecule has 0 aromatic heterocycles. The maximum Gasteiger partial charge on any atom is 0.0908 e. The van der Waals surface area contributed by atoms with Crippen molar-refractivity contribution in [1.29, 1.82) is 0 Å². The van der Waals surface area contributed by atoms with Gasteiger partial charge in [0.15, 0.2) is 0 Å². The third kappa shape index (κ3) is 3.40. The van der Waals surface area contributed by atoms with E-state index in [4.69, 9.17) is 21.1 Å². The Bertz CT molecular complexity index is 79.7. The first-order valence-corrected chi connectivity index (χ1v) is 3.73. The van der Waals surface area contributed by atoms with Crippen LogP contribution in [0.25, 0.3) is 0 Å². The smallest absolute Gasteiger partial charge is 0.0908 e. The van der Waals surface area contributed by atoms with Gasteiger partial charge in [-0.25, -0.2) is 0 Å². The molecule has 0 unspecified atom stereocenters. The van der Waals surface area contributed by atoms with Crippen molar-refractivity contribution in [3.8, 4) is 0 Å². The Morgan fingerprint density at radius 3 is 1.80 bits per heavy atom. The quantitative estimate of drug-likeness (QED) is 0.579. The van der Waals surface area contributed by atoms with E-state index in [0.717, 1.165) is 6.42 Å². The second kappa shape index (κ2) is 4.94. The van der Waals surface area contributed by atoms with Gasteiger partial charge in [0, 0.05) is 14.2 Å². The molecular formula is C7H15ClO2. The van der Waals surface area contributed by atoms with Crippen molar-refractivity contribution in [3.63, 3.8) is 0 Å². The number of methoxy groups -OCH3 is 2. The summed E-state index contributed by atoms with van der Waals surface area (Å²) in [6.07, 6.45) is 0.857. The minimum absolute atomic E-state index is 0.330. The first kappa shape index (κ1) is 10.2. The fourth-order valence-corrected chi connectivity index (χ4v) is 0.981. The van der Waals surface area contributed by atoms with Gasteiger partial charge in [-0.05, 0) is 6.42 Å². The third-order valence-corrected chi connectivity index (χ3v) is 1.93. The van der Waals surface area contributed by atoms with Crippen LogP contribution in [0.1, 0.15) is 13.3 Å². The monoisotopic (exact) mass is 166 g/mol. The van der Waals surface area contributed by atoms with Crippen molar-refractivity contribution in [3.05, 3.63) is 0 Å². The summed E-state index contributed by atoms with van der Waals surface area (Å²) in [6.45, 7) is 3.10. The molecule has 0 aliphatic carbocycles. The van der Waals surface area contributed by atoms with Gasteiger partial charge >= 0.3 is 0 Å². The molecule has 0 aliphatic rings. The Hall–Kier alpha value is 0.210. The van der Waals surface area contributed by atoms with E-state index in [0.29, 0.717) is 13.2 Å². The minimum atomic E-state index is -0.330. The van der Waals surface area contributed by atoms with Gasteiger partial charge in [-0.3, -0.25) is 0 Å². The molecule has 0 fully saturated rings. The van der Waals surface area contributed by atoms with Gasteiger partial charge in [-0.2, -0.15) is 0 Å². The van der Waals surface area contributed by atoms with Gasteiger partial charge in [0.2, 0.25) is 0 Å². The zero-order valence-corrected chi connectivity index (χ0v) is 7.57. The summed E-state index contributed by atoms with van der Waals surface area (Å²) in [5.74, 6) is 0. The molecule has 0 aromatic carbocycles. The van der Waals surface area contributed by atoms with Crippen LogP contribution in [-0.4, -0.2) is 32.3 Å². The van der Waals surface area contributed by atoms with Gasteiger partial charge < -0.3 is 9.47 Å². The molecule has 0 saturated heterocycles. The topological polar surface area (TPSA) is 18.5 Å². The molecule has 0 amide bonds. The average molecular weight is 167 g/mol. The second-order valence-electron chi connectivity index (χ2n) is 2.37. The highest BCUT2D eigenvalue weighted by atomic mass is 35.5. The Kier molecular flexibility index (Phi) is 5.04. The molecule has 3 heteroatoms. The van der Waals surface area contributed by atoms with Gasteiger partial charge in [-0.15, -0.1) is 11.6 Å². The number of hydrogen-bond acceptors (Lipinski definition) is 2. The summed E-state index contributed by atoms with van der Waals surface area (Å²) >= 11 is 6.07. The fourth-order valence-electron chi connectivity index (χ4n) is 0.763. The van der Waals surface area contributed by atoms with Crippen molar-refractivity contribution in [2.75, 3.05) is 27.4 Å². The molecule has 2 nitrogen and oxygen atoms in total. The Labute approximate surface area is 67.5 Å². The first-order chi connectivity index (χ1) is 4.68. The zero-order valence-electron chi connectivity index (χ0n) is 6.82. The number of rotatable bonds is 5. The van der Waals surface area contributed by atoms with Crippen LogP contribution in [0.4, 0.5) is 0 Å². The third-order valence-electron chi connectivity index (χ3n) is 1.44. The lowest BCUT2D eigenvalue weighted by molar-refractivity contribution is 0.0976. The van der Waals surface area contributed by atoms with Crippen LogP contribution in [0, 0.1) is 0 Å². The summed E-state index contributed by atoms with van der Waals surface area (Å²) in [5.41, 5.74) is 0. The van der Waals surface area contributed by atoms with Gasteiger partial charge in [0.25, 0.3) is 0 Å². The van der Waals surface area contributed by atoms with Crippen molar-refractivity contribution in [2.45, 2.75) is 18.2 Å². The molecule has 0 bridgehead atoms. The number of alkyl halides is 1. The predicted octanol–water partition coefficient (Wildman–Crippen LogP) is 1.67. The number of halogens is 1. The Morgan fingerprint density at radius 1 is 1.20 bits per heavy atom. The SMILES string of the molecule is CCC(Cl)(COC)COC. The molecule has 0 saturated carbocycles. The van der Waals surface area contributed by atoms with Crippen LogP contribution in [0.5, 0.6) is 0 Å². The number of ether oxygens (including phenoxy) is 2. The molecule has 0 N–H and O–H groups in total. The van der Waals surface area contributed by atoms with E-state index in [1.165, 1.54) is 0 Å². The van der Waals surface area contributed by atoms with E-state index < -0.39 is 0 Å². The van der Waals surface area contributed by atoms with Crippen LogP contribution >= 0.6 is 11.6 Å². The van der Waals surface area contributed by atoms with Gasteiger partial charge in [0.05, 0.1) is 18.1 Å². The van der Waals surface area contributed by atoms with E-state index in [-0.39, 0.29) is 4.87 Å². The van der Waals surface area contributed by atoms with E-state index in [9.17, 15) is 0 Å². The highest BCUT2D eigenvalue weighted by Crippen LogP contribution is 2.19. The minimum Gasteiger partial charge on any atom is -0.383 e. The second-order valence-corrected chi connectivity index (χ2v) is 3.17. The molecule has 62 valence electrons. The lowest BCUT2D eigenvalue weighted by atomic mass is 10.1. The Morgan fingerprint density at radius 2 is 1.60 bits per heavy atom. The van der Waals surface area contributed by atoms with Gasteiger partial charge in [0.1, 0.15) is 0 Å². The van der Waals surface area contributed by atoms with Crippen molar-refractivity contribution < 1.29 is 9.47 Å². The molecular weight excluding hydrogens is 152 g/mol. The fraction of sp³-hybridized carbons (Fsp3) is 1.00. The van der Waals surface area contributed by atoms with Crippen LogP contribution in [0.15, 0.2) is 0 Å². The first-order valence-electron chi connectivity index (χ1n) is 3.35. The van der Waals surface area contributed by atoms with Crippen LogP contribution < -0.4 is 0 Å². The van der Waals surface area contributed by atoms with E-state index in [2.05, 4.69) is 0 Å². The molecule has 0 aliphatic heterocycles. The molecule has 0 radical (unpaired) electrons. The predicted molar refractivity (Wildman–Crippen MR) is 42.6 cm³/mol. The highest BCUT2D eigenvalue weighted by molar-refractivity contribution is 6.24. The molecule has 0 atom stereocenters. The Balaban J connectivity index is 3.69. The van der Waals surface area contributed by atoms with Crippen LogP contribution in [0.2, 0.25) is 0 Å². The maximum absolute atomic E-state index is 6.07. The lowest BCUT2D eigenvalue weighted by Gasteiger charge is -2.22. The summed E-state index contributed by atoms with van der Waals surface area (Å²) in [7, 11) is 3.28. The average Bonchev–Trinajstić information content (AvgIpc) is 1.89. The summed E-state index contributed by atoms with van der Waals surface area (Å²) in [6, 6.07) is 0.